The summed E-state index contributed by atoms with van der Waals surface area (Å²) in [5.74, 6) is 1.08. The average molecular weight is 406 g/mol. The van der Waals surface area contributed by atoms with Crippen molar-refractivity contribution in [1.29, 1.82) is 0 Å². The molecule has 0 aromatic heterocycles. The molecule has 1 aliphatic heterocycles. The van der Waals surface area contributed by atoms with Crippen LogP contribution >= 0.6 is 0 Å². The fourth-order valence-corrected chi connectivity index (χ4v) is 4.32. The first kappa shape index (κ1) is 20.6. The van der Waals surface area contributed by atoms with Gasteiger partial charge >= 0.3 is 0 Å². The molecule has 5 nitrogen and oxygen atoms in total. The minimum atomic E-state index is -0.680. The molecule has 30 heavy (non-hydrogen) atoms. The number of nitrogens with zero attached hydrogens (tertiary/aromatic N) is 2. The fourth-order valence-electron chi connectivity index (χ4n) is 4.32. The third-order valence-electron chi connectivity index (χ3n) is 6.06. The number of hydrogen-bond donors (Lipinski definition) is 1. The van der Waals surface area contributed by atoms with Crippen LogP contribution in [0, 0.1) is 0 Å². The van der Waals surface area contributed by atoms with Crippen molar-refractivity contribution in [3.63, 3.8) is 0 Å². The Morgan fingerprint density at radius 3 is 2.67 bits per heavy atom. The molecule has 158 valence electrons. The van der Waals surface area contributed by atoms with Crippen LogP contribution in [-0.4, -0.2) is 36.2 Å². The van der Waals surface area contributed by atoms with Crippen molar-refractivity contribution < 1.29 is 9.53 Å². The van der Waals surface area contributed by atoms with E-state index in [-0.39, 0.29) is 5.78 Å². The van der Waals surface area contributed by atoms with Crippen molar-refractivity contribution in [2.75, 3.05) is 13.1 Å². The SMILES string of the molecule is CC(C)NCc1c(O[C@@](C)(c2ccccc2)N2C=NCC2)ccc2c1CCCC2=O. The van der Waals surface area contributed by atoms with E-state index in [1.54, 1.807) is 0 Å². The van der Waals surface area contributed by atoms with E-state index in [1.807, 2.05) is 36.7 Å². The molecule has 0 unspecified atom stereocenters. The molecule has 0 saturated carbocycles. The summed E-state index contributed by atoms with van der Waals surface area (Å²) in [5.41, 5.74) is 3.50. The number of Topliss-reactive ketones (excluding diaryl/α,β-unsaturated/α-hetero) is 1. The quantitative estimate of drug-likeness (QED) is 0.746. The first-order chi connectivity index (χ1) is 14.5. The summed E-state index contributed by atoms with van der Waals surface area (Å²) in [6.07, 6.45) is 4.34. The molecule has 1 N–H and O–H groups in total. The van der Waals surface area contributed by atoms with Crippen LogP contribution in [0.5, 0.6) is 5.75 Å². The lowest BCUT2D eigenvalue weighted by Gasteiger charge is -2.39. The van der Waals surface area contributed by atoms with Gasteiger partial charge in [-0.25, -0.2) is 0 Å². The number of nitrogens with one attached hydrogen (secondary N) is 1. The minimum Gasteiger partial charge on any atom is -0.464 e. The Kier molecular flexibility index (Phi) is 5.91. The van der Waals surface area contributed by atoms with Crippen LogP contribution in [0.3, 0.4) is 0 Å². The third-order valence-corrected chi connectivity index (χ3v) is 6.06. The van der Waals surface area contributed by atoms with Crippen LogP contribution in [0.15, 0.2) is 47.5 Å². The van der Waals surface area contributed by atoms with Gasteiger partial charge in [0.15, 0.2) is 5.78 Å². The average Bonchev–Trinajstić information content (AvgIpc) is 3.29. The van der Waals surface area contributed by atoms with Crippen molar-refractivity contribution in [2.24, 2.45) is 4.99 Å². The zero-order valence-electron chi connectivity index (χ0n) is 18.1. The molecule has 0 bridgehead atoms. The Morgan fingerprint density at radius 2 is 1.97 bits per heavy atom. The highest BCUT2D eigenvalue weighted by atomic mass is 16.5. The van der Waals surface area contributed by atoms with Gasteiger partial charge in [-0.2, -0.15) is 0 Å². The van der Waals surface area contributed by atoms with Gasteiger partial charge in [-0.15, -0.1) is 0 Å². The molecule has 0 spiro atoms. The molecule has 0 radical (unpaired) electrons. The lowest BCUT2D eigenvalue weighted by molar-refractivity contribution is -0.0260. The number of ether oxygens (including phenoxy) is 1. The second-order valence-corrected chi connectivity index (χ2v) is 8.55. The molecule has 1 heterocycles. The lowest BCUT2D eigenvalue weighted by atomic mass is 9.86. The molecular formula is C25H31N3O2. The van der Waals surface area contributed by atoms with Crippen LogP contribution in [0.2, 0.25) is 0 Å². The number of carbonyl (C=O) groups excluding carboxylic acids is 1. The predicted octanol–water partition coefficient (Wildman–Crippen LogP) is 4.30. The Morgan fingerprint density at radius 1 is 1.17 bits per heavy atom. The van der Waals surface area contributed by atoms with Crippen molar-refractivity contribution in [1.82, 2.24) is 10.2 Å². The van der Waals surface area contributed by atoms with Crippen LogP contribution in [0.1, 0.15) is 60.7 Å². The topological polar surface area (TPSA) is 53.9 Å². The predicted molar refractivity (Wildman–Crippen MR) is 120 cm³/mol. The maximum atomic E-state index is 12.5. The van der Waals surface area contributed by atoms with Gasteiger partial charge in [0.05, 0.1) is 12.9 Å². The summed E-state index contributed by atoms with van der Waals surface area (Å²) >= 11 is 0. The first-order valence-electron chi connectivity index (χ1n) is 10.9. The monoisotopic (exact) mass is 405 g/mol. The highest BCUT2D eigenvalue weighted by Crippen LogP contribution is 2.37. The Labute approximate surface area is 179 Å². The van der Waals surface area contributed by atoms with Crippen molar-refractivity contribution in [3.8, 4) is 5.75 Å². The molecular weight excluding hydrogens is 374 g/mol. The second kappa shape index (κ2) is 8.60. The number of hydrogen-bond acceptors (Lipinski definition) is 5. The second-order valence-electron chi connectivity index (χ2n) is 8.55. The van der Waals surface area contributed by atoms with E-state index < -0.39 is 5.72 Å². The highest BCUT2D eigenvalue weighted by Gasteiger charge is 2.37. The van der Waals surface area contributed by atoms with Gasteiger partial charge < -0.3 is 15.0 Å². The molecule has 1 atom stereocenters. The molecule has 5 heteroatoms. The molecule has 4 rings (SSSR count). The van der Waals surface area contributed by atoms with Crippen molar-refractivity contribution >= 4 is 12.1 Å². The molecule has 0 fully saturated rings. The standard InChI is InChI=1S/C25H31N3O2/c1-18(2)27-16-22-20-10-7-11-23(29)21(20)12-13-24(22)30-25(3,28-15-14-26-17-28)19-8-5-4-6-9-19/h4-6,8-9,12-13,17-18,27H,7,10-11,14-16H2,1-3H3/t25-/m0/s1. The molecule has 2 aromatic rings. The summed E-state index contributed by atoms with van der Waals surface area (Å²) in [7, 11) is 0. The summed E-state index contributed by atoms with van der Waals surface area (Å²) < 4.78 is 6.82. The summed E-state index contributed by atoms with van der Waals surface area (Å²) in [4.78, 5) is 19.1. The van der Waals surface area contributed by atoms with Gasteiger partial charge in [0.1, 0.15) is 5.75 Å². The Bertz CT molecular complexity index is 939. The summed E-state index contributed by atoms with van der Waals surface area (Å²) in [6.45, 7) is 8.64. The van der Waals surface area contributed by atoms with Crippen LogP contribution in [0.4, 0.5) is 0 Å². The number of benzene rings is 2. The maximum absolute atomic E-state index is 12.5. The number of fused-ring (bicyclic) bond motifs is 1. The minimum absolute atomic E-state index is 0.242. The third kappa shape index (κ3) is 3.99. The van der Waals surface area contributed by atoms with E-state index in [2.05, 4.69) is 48.1 Å². The molecule has 2 aliphatic rings. The van der Waals surface area contributed by atoms with Crippen LogP contribution < -0.4 is 10.1 Å². The number of rotatable bonds is 7. The van der Waals surface area contributed by atoms with E-state index in [0.717, 1.165) is 53.9 Å². The van der Waals surface area contributed by atoms with Gasteiger partial charge in [0.2, 0.25) is 5.72 Å². The first-order valence-corrected chi connectivity index (χ1v) is 10.9. The lowest BCUT2D eigenvalue weighted by Crippen LogP contribution is -2.47. The van der Waals surface area contributed by atoms with Gasteiger partial charge in [-0.1, -0.05) is 44.2 Å². The zero-order valence-corrected chi connectivity index (χ0v) is 18.1. The number of aliphatic imine (C=N–C) groups is 1. The number of carbonyl (C=O) groups is 1. The Balaban J connectivity index is 1.77. The highest BCUT2D eigenvalue weighted by molar-refractivity contribution is 5.99. The summed E-state index contributed by atoms with van der Waals surface area (Å²) in [6, 6.07) is 14.6. The molecule has 0 amide bonds. The molecule has 2 aromatic carbocycles. The van der Waals surface area contributed by atoms with Gasteiger partial charge in [-0.05, 0) is 37.5 Å². The maximum Gasteiger partial charge on any atom is 0.207 e. The van der Waals surface area contributed by atoms with Gasteiger partial charge in [0, 0.05) is 42.2 Å². The smallest absolute Gasteiger partial charge is 0.207 e. The molecule has 0 saturated heterocycles. The molecule has 1 aliphatic carbocycles. The van der Waals surface area contributed by atoms with Crippen LogP contribution in [-0.2, 0) is 18.7 Å². The summed E-state index contributed by atoms with van der Waals surface area (Å²) in [5, 5.41) is 3.53. The van der Waals surface area contributed by atoms with E-state index in [0.29, 0.717) is 19.0 Å². The largest absolute Gasteiger partial charge is 0.464 e. The van der Waals surface area contributed by atoms with Crippen molar-refractivity contribution in [2.45, 2.75) is 58.3 Å². The van der Waals surface area contributed by atoms with E-state index in [9.17, 15) is 4.79 Å². The van der Waals surface area contributed by atoms with Crippen molar-refractivity contribution in [3.05, 3.63) is 64.7 Å². The van der Waals surface area contributed by atoms with Crippen LogP contribution in [0.25, 0.3) is 0 Å². The van der Waals surface area contributed by atoms with Gasteiger partial charge in [0.25, 0.3) is 0 Å². The van der Waals surface area contributed by atoms with E-state index in [1.165, 1.54) is 0 Å². The van der Waals surface area contributed by atoms with E-state index in [4.69, 9.17) is 4.74 Å². The fraction of sp³-hybridized carbons (Fsp3) is 0.440. The van der Waals surface area contributed by atoms with E-state index >= 15 is 0 Å². The zero-order chi connectivity index (χ0) is 21.1. The Hall–Kier alpha value is -2.66. The number of ketones is 1. The van der Waals surface area contributed by atoms with Gasteiger partial charge in [-0.3, -0.25) is 9.79 Å². The normalized spacial score (nSPS) is 17.9.